The van der Waals surface area contributed by atoms with E-state index >= 15 is 0 Å². The summed E-state index contributed by atoms with van der Waals surface area (Å²) in [5, 5.41) is 0. The van der Waals surface area contributed by atoms with Crippen molar-refractivity contribution < 1.29 is 22.7 Å². The predicted molar refractivity (Wildman–Crippen MR) is 100 cm³/mol. The van der Waals surface area contributed by atoms with Gasteiger partial charge in [-0.2, -0.15) is 13.2 Å². The lowest BCUT2D eigenvalue weighted by Crippen LogP contribution is -2.11. The van der Waals surface area contributed by atoms with E-state index in [0.717, 1.165) is 12.1 Å². The maximum absolute atomic E-state index is 12.6. The Bertz CT molecular complexity index is 1010. The third-order valence-corrected chi connectivity index (χ3v) is 3.90. The van der Waals surface area contributed by atoms with Gasteiger partial charge >= 0.3 is 6.18 Å². The number of hydrogen-bond acceptors (Lipinski definition) is 2. The molecule has 0 aliphatic rings. The van der Waals surface area contributed by atoms with Gasteiger partial charge in [-0.1, -0.05) is 54.3 Å². The highest BCUT2D eigenvalue weighted by Crippen LogP contribution is 2.29. The topological polar surface area (TPSA) is 26.3 Å². The molecular weight excluding hydrogens is 365 g/mol. The van der Waals surface area contributed by atoms with E-state index in [9.17, 15) is 18.0 Å². The van der Waals surface area contributed by atoms with Gasteiger partial charge in [0.25, 0.3) is 0 Å². The summed E-state index contributed by atoms with van der Waals surface area (Å²) in [6, 6.07) is 20.3. The molecule has 0 atom stereocenters. The largest absolute Gasteiger partial charge is 0.484 e. The van der Waals surface area contributed by atoms with Crippen LogP contribution in [0.15, 0.2) is 78.9 Å². The summed E-state index contributed by atoms with van der Waals surface area (Å²) in [5.41, 5.74) is 0.823. The molecule has 140 valence electrons. The van der Waals surface area contributed by atoms with Gasteiger partial charge in [0, 0.05) is 11.1 Å². The summed E-state index contributed by atoms with van der Waals surface area (Å²) < 4.78 is 43.5. The molecule has 28 heavy (non-hydrogen) atoms. The first-order valence-electron chi connectivity index (χ1n) is 8.43. The Kier molecular flexibility index (Phi) is 5.81. The molecule has 0 bridgehead atoms. The standard InChI is InChI=1S/C23H15F3O2/c24-23(25,26)20-14-11-17(12-15-20)10-13-19-8-4-5-9-22(19)28-16-21(27)18-6-2-1-3-7-18/h1-9,11-12,14-15H,16H2. The summed E-state index contributed by atoms with van der Waals surface area (Å²) in [6.45, 7) is -0.136. The first-order valence-corrected chi connectivity index (χ1v) is 8.43. The molecule has 2 nitrogen and oxygen atoms in total. The molecule has 0 amide bonds. The minimum Gasteiger partial charge on any atom is -0.484 e. The summed E-state index contributed by atoms with van der Waals surface area (Å²) in [5.74, 6) is 5.98. The lowest BCUT2D eigenvalue weighted by molar-refractivity contribution is -0.137. The number of ether oxygens (including phenoxy) is 1. The van der Waals surface area contributed by atoms with Crippen molar-refractivity contribution in [2.75, 3.05) is 6.61 Å². The Hall–Kier alpha value is -3.52. The fraction of sp³-hybridized carbons (Fsp3) is 0.0870. The number of para-hydroxylation sites is 1. The molecule has 0 radical (unpaired) electrons. The van der Waals surface area contributed by atoms with E-state index in [1.54, 1.807) is 48.5 Å². The molecular formula is C23H15F3O2. The van der Waals surface area contributed by atoms with E-state index in [-0.39, 0.29) is 12.4 Å². The third kappa shape index (κ3) is 5.01. The monoisotopic (exact) mass is 380 g/mol. The van der Waals surface area contributed by atoms with Crippen molar-refractivity contribution in [1.29, 1.82) is 0 Å². The van der Waals surface area contributed by atoms with Gasteiger partial charge in [0.05, 0.1) is 11.1 Å². The molecule has 0 saturated carbocycles. The zero-order chi connectivity index (χ0) is 20.0. The Morgan fingerprint density at radius 3 is 2.14 bits per heavy atom. The van der Waals surface area contributed by atoms with Crippen LogP contribution in [-0.4, -0.2) is 12.4 Å². The number of halogens is 3. The van der Waals surface area contributed by atoms with Gasteiger partial charge in [0.2, 0.25) is 0 Å². The van der Waals surface area contributed by atoms with Crippen LogP contribution in [0.2, 0.25) is 0 Å². The van der Waals surface area contributed by atoms with E-state index in [1.165, 1.54) is 12.1 Å². The van der Waals surface area contributed by atoms with E-state index < -0.39 is 11.7 Å². The van der Waals surface area contributed by atoms with E-state index in [4.69, 9.17) is 4.74 Å². The number of hydrogen-bond donors (Lipinski definition) is 0. The number of alkyl halides is 3. The van der Waals surface area contributed by atoms with Crippen molar-refractivity contribution in [2.24, 2.45) is 0 Å². The maximum atomic E-state index is 12.6. The van der Waals surface area contributed by atoms with Crippen LogP contribution >= 0.6 is 0 Å². The molecule has 5 heteroatoms. The van der Waals surface area contributed by atoms with Crippen LogP contribution in [0.3, 0.4) is 0 Å². The molecule has 0 saturated heterocycles. The van der Waals surface area contributed by atoms with Crippen LogP contribution in [0.25, 0.3) is 0 Å². The van der Waals surface area contributed by atoms with Crippen LogP contribution in [-0.2, 0) is 6.18 Å². The minimum atomic E-state index is -4.38. The molecule has 0 aliphatic carbocycles. The molecule has 3 rings (SSSR count). The smallest absolute Gasteiger partial charge is 0.416 e. The highest BCUT2D eigenvalue weighted by molar-refractivity contribution is 5.97. The number of Topliss-reactive ketones (excluding diaryl/α,β-unsaturated/α-hetero) is 1. The molecule has 3 aromatic rings. The lowest BCUT2D eigenvalue weighted by Gasteiger charge is -2.07. The average Bonchev–Trinajstić information content (AvgIpc) is 2.71. The highest BCUT2D eigenvalue weighted by Gasteiger charge is 2.29. The molecule has 0 aliphatic heterocycles. The third-order valence-electron chi connectivity index (χ3n) is 3.90. The SMILES string of the molecule is O=C(COc1ccccc1C#Cc1ccc(C(F)(F)F)cc1)c1ccccc1. The van der Waals surface area contributed by atoms with Crippen molar-refractivity contribution >= 4 is 5.78 Å². The first kappa shape index (κ1) is 19.2. The molecule has 3 aromatic carbocycles. The van der Waals surface area contributed by atoms with Crippen LogP contribution < -0.4 is 4.74 Å². The zero-order valence-corrected chi connectivity index (χ0v) is 14.7. The number of carbonyl (C=O) groups excluding carboxylic acids is 1. The highest BCUT2D eigenvalue weighted by atomic mass is 19.4. The number of benzene rings is 3. The maximum Gasteiger partial charge on any atom is 0.416 e. The lowest BCUT2D eigenvalue weighted by atomic mass is 10.1. The molecule has 0 fully saturated rings. The van der Waals surface area contributed by atoms with Crippen LogP contribution in [0.4, 0.5) is 13.2 Å². The molecule has 0 heterocycles. The zero-order valence-electron chi connectivity index (χ0n) is 14.7. The quantitative estimate of drug-likeness (QED) is 0.450. The van der Waals surface area contributed by atoms with Gasteiger partial charge in [0.1, 0.15) is 5.75 Å². The normalized spacial score (nSPS) is 10.7. The van der Waals surface area contributed by atoms with Crippen LogP contribution in [0.5, 0.6) is 5.75 Å². The summed E-state index contributed by atoms with van der Waals surface area (Å²) in [4.78, 5) is 12.2. The van der Waals surface area contributed by atoms with Gasteiger partial charge in [0.15, 0.2) is 12.4 Å². The van der Waals surface area contributed by atoms with Crippen molar-refractivity contribution in [3.8, 4) is 17.6 Å². The first-order chi connectivity index (χ1) is 13.4. The van der Waals surface area contributed by atoms with Gasteiger partial charge in [-0.3, -0.25) is 4.79 Å². The Labute approximate surface area is 160 Å². The average molecular weight is 380 g/mol. The van der Waals surface area contributed by atoms with Gasteiger partial charge < -0.3 is 4.74 Å². The number of carbonyl (C=O) groups is 1. The van der Waals surface area contributed by atoms with E-state index in [2.05, 4.69) is 11.8 Å². The number of ketones is 1. The van der Waals surface area contributed by atoms with Gasteiger partial charge in [-0.15, -0.1) is 0 Å². The van der Waals surface area contributed by atoms with E-state index in [1.807, 2.05) is 6.07 Å². The Morgan fingerprint density at radius 1 is 0.821 bits per heavy atom. The summed E-state index contributed by atoms with van der Waals surface area (Å²) in [7, 11) is 0. The van der Waals surface area contributed by atoms with Crippen molar-refractivity contribution in [2.45, 2.75) is 6.18 Å². The fourth-order valence-electron chi connectivity index (χ4n) is 2.43. The van der Waals surface area contributed by atoms with Gasteiger partial charge in [-0.25, -0.2) is 0 Å². The second-order valence-electron chi connectivity index (χ2n) is 5.90. The van der Waals surface area contributed by atoms with Crippen molar-refractivity contribution in [1.82, 2.24) is 0 Å². The Balaban J connectivity index is 1.73. The molecule has 0 spiro atoms. The second-order valence-corrected chi connectivity index (χ2v) is 5.90. The second kappa shape index (κ2) is 8.45. The fourth-order valence-corrected chi connectivity index (χ4v) is 2.43. The van der Waals surface area contributed by atoms with Crippen LogP contribution in [0, 0.1) is 11.8 Å². The summed E-state index contributed by atoms with van der Waals surface area (Å²) >= 11 is 0. The summed E-state index contributed by atoms with van der Waals surface area (Å²) in [6.07, 6.45) is -4.38. The van der Waals surface area contributed by atoms with Crippen molar-refractivity contribution in [3.63, 3.8) is 0 Å². The molecule has 0 N–H and O–H groups in total. The predicted octanol–water partition coefficient (Wildman–Crippen LogP) is 5.37. The van der Waals surface area contributed by atoms with Crippen LogP contribution in [0.1, 0.15) is 27.0 Å². The minimum absolute atomic E-state index is 0.136. The van der Waals surface area contributed by atoms with E-state index in [0.29, 0.717) is 22.4 Å². The van der Waals surface area contributed by atoms with Gasteiger partial charge in [-0.05, 0) is 36.4 Å². The number of rotatable bonds is 4. The Morgan fingerprint density at radius 2 is 1.46 bits per heavy atom. The molecule has 0 aromatic heterocycles. The molecule has 0 unspecified atom stereocenters. The van der Waals surface area contributed by atoms with Crippen molar-refractivity contribution in [3.05, 3.63) is 101 Å².